The number of benzene rings is 2. The molecule has 1 saturated heterocycles. The van der Waals surface area contributed by atoms with Crippen LogP contribution in [0.2, 0.25) is 0 Å². The highest BCUT2D eigenvalue weighted by Gasteiger charge is 2.31. The van der Waals surface area contributed by atoms with Crippen LogP contribution in [0.15, 0.2) is 53.0 Å². The summed E-state index contributed by atoms with van der Waals surface area (Å²) in [7, 11) is 0. The molecule has 2 aromatic rings. The minimum absolute atomic E-state index is 0.0108. The number of halogens is 1. The van der Waals surface area contributed by atoms with Gasteiger partial charge in [0.25, 0.3) is 5.91 Å². The minimum atomic E-state index is -0.0225. The van der Waals surface area contributed by atoms with E-state index in [2.05, 4.69) is 34.1 Å². The van der Waals surface area contributed by atoms with Crippen molar-refractivity contribution in [3.63, 3.8) is 0 Å². The maximum absolute atomic E-state index is 13.0. The van der Waals surface area contributed by atoms with Crippen molar-refractivity contribution in [3.8, 4) is 5.75 Å². The Bertz CT molecular complexity index is 876. The summed E-state index contributed by atoms with van der Waals surface area (Å²) in [6.07, 6.45) is 2.37. The zero-order valence-corrected chi connectivity index (χ0v) is 17.9. The second-order valence-electron chi connectivity index (χ2n) is 7.68. The van der Waals surface area contributed by atoms with Crippen molar-refractivity contribution < 1.29 is 14.3 Å². The highest BCUT2D eigenvalue weighted by Crippen LogP contribution is 2.25. The van der Waals surface area contributed by atoms with Gasteiger partial charge in [0.2, 0.25) is 5.91 Å². The van der Waals surface area contributed by atoms with E-state index in [0.717, 1.165) is 30.3 Å². The molecule has 1 fully saturated rings. The van der Waals surface area contributed by atoms with Gasteiger partial charge in [0.15, 0.2) is 6.61 Å². The van der Waals surface area contributed by atoms with Crippen molar-refractivity contribution in [1.82, 2.24) is 9.80 Å². The Balaban J connectivity index is 1.25. The van der Waals surface area contributed by atoms with E-state index in [9.17, 15) is 9.59 Å². The molecule has 0 bridgehead atoms. The smallest absolute Gasteiger partial charge is 0.260 e. The first-order chi connectivity index (χ1) is 14.1. The average Bonchev–Trinajstić information content (AvgIpc) is 2.78. The lowest BCUT2D eigenvalue weighted by Gasteiger charge is -2.36. The predicted octanol–water partition coefficient (Wildman–Crippen LogP) is 3.65. The molecule has 5 nitrogen and oxygen atoms in total. The number of amides is 2. The van der Waals surface area contributed by atoms with Crippen LogP contribution < -0.4 is 4.74 Å². The number of hydrogen-bond acceptors (Lipinski definition) is 3. The first-order valence-corrected chi connectivity index (χ1v) is 10.9. The molecule has 4 rings (SSSR count). The Kier molecular flexibility index (Phi) is 6.19. The van der Waals surface area contributed by atoms with Gasteiger partial charge in [-0.25, -0.2) is 0 Å². The van der Waals surface area contributed by atoms with Gasteiger partial charge in [0.1, 0.15) is 5.75 Å². The van der Waals surface area contributed by atoms with Crippen LogP contribution in [0.4, 0.5) is 0 Å². The monoisotopic (exact) mass is 456 g/mol. The summed E-state index contributed by atoms with van der Waals surface area (Å²) in [6.45, 7) is 2.75. The molecular weight excluding hydrogens is 432 g/mol. The number of likely N-dealkylation sites (tertiary alicyclic amines) is 1. The molecule has 0 atom stereocenters. The van der Waals surface area contributed by atoms with E-state index in [-0.39, 0.29) is 24.3 Å². The molecule has 2 aliphatic rings. The zero-order chi connectivity index (χ0) is 20.2. The highest BCUT2D eigenvalue weighted by molar-refractivity contribution is 9.10. The molecule has 0 N–H and O–H groups in total. The number of fused-ring (bicyclic) bond motifs is 1. The number of hydrogen-bond donors (Lipinski definition) is 0. The van der Waals surface area contributed by atoms with Crippen LogP contribution in [-0.4, -0.2) is 47.9 Å². The Hall–Kier alpha value is -2.34. The van der Waals surface area contributed by atoms with Crippen LogP contribution in [0.3, 0.4) is 0 Å². The molecule has 6 heteroatoms. The normalized spacial score (nSPS) is 17.0. The molecule has 0 unspecified atom stereocenters. The van der Waals surface area contributed by atoms with Gasteiger partial charge in [0.05, 0.1) is 0 Å². The first kappa shape index (κ1) is 20.0. The van der Waals surface area contributed by atoms with Crippen LogP contribution >= 0.6 is 15.9 Å². The zero-order valence-electron chi connectivity index (χ0n) is 16.4. The fourth-order valence-corrected chi connectivity index (χ4v) is 4.35. The number of carbonyl (C=O) groups is 2. The van der Waals surface area contributed by atoms with Crippen molar-refractivity contribution >= 4 is 27.7 Å². The Morgan fingerprint density at radius 3 is 2.34 bits per heavy atom. The van der Waals surface area contributed by atoms with Crippen LogP contribution in [0.1, 0.15) is 24.0 Å². The van der Waals surface area contributed by atoms with E-state index in [4.69, 9.17) is 4.74 Å². The molecule has 0 aromatic heterocycles. The van der Waals surface area contributed by atoms with Crippen LogP contribution in [0.25, 0.3) is 0 Å². The van der Waals surface area contributed by atoms with Gasteiger partial charge in [-0.05, 0) is 54.7 Å². The van der Waals surface area contributed by atoms with E-state index in [0.29, 0.717) is 25.4 Å². The molecule has 29 heavy (non-hydrogen) atoms. The van der Waals surface area contributed by atoms with Crippen molar-refractivity contribution in [2.24, 2.45) is 5.92 Å². The lowest BCUT2D eigenvalue weighted by molar-refractivity contribution is -0.142. The molecule has 0 saturated carbocycles. The van der Waals surface area contributed by atoms with Crippen LogP contribution in [-0.2, 0) is 22.6 Å². The Labute approximate surface area is 179 Å². The fraction of sp³-hybridized carbons (Fsp3) is 0.391. The molecular formula is C23H25BrN2O3. The topological polar surface area (TPSA) is 49.9 Å². The molecule has 2 amide bonds. The van der Waals surface area contributed by atoms with Gasteiger partial charge in [0, 0.05) is 36.6 Å². The fourth-order valence-electron chi connectivity index (χ4n) is 4.09. The minimum Gasteiger partial charge on any atom is -0.484 e. The third kappa shape index (κ3) is 4.81. The lowest BCUT2D eigenvalue weighted by atomic mass is 9.93. The van der Waals surface area contributed by atoms with Gasteiger partial charge in [-0.15, -0.1) is 0 Å². The van der Waals surface area contributed by atoms with Gasteiger partial charge in [-0.3, -0.25) is 9.59 Å². The molecule has 2 heterocycles. The van der Waals surface area contributed by atoms with Crippen molar-refractivity contribution in [3.05, 3.63) is 64.1 Å². The lowest BCUT2D eigenvalue weighted by Crippen LogP contribution is -2.46. The standard InChI is InChI=1S/C23H25BrN2O3/c24-20-5-7-21(8-6-20)29-16-22(27)25-12-10-18(11-13-25)23(28)26-14-9-17-3-1-2-4-19(17)15-26/h1-8,18H,9-16H2. The summed E-state index contributed by atoms with van der Waals surface area (Å²) in [5.74, 6) is 0.900. The summed E-state index contributed by atoms with van der Waals surface area (Å²) in [4.78, 5) is 29.2. The summed E-state index contributed by atoms with van der Waals surface area (Å²) < 4.78 is 6.56. The number of nitrogens with zero attached hydrogens (tertiary/aromatic N) is 2. The average molecular weight is 457 g/mol. The Morgan fingerprint density at radius 2 is 1.62 bits per heavy atom. The summed E-state index contributed by atoms with van der Waals surface area (Å²) >= 11 is 3.38. The van der Waals surface area contributed by atoms with E-state index < -0.39 is 0 Å². The molecule has 0 spiro atoms. The van der Waals surface area contributed by atoms with Gasteiger partial charge >= 0.3 is 0 Å². The van der Waals surface area contributed by atoms with Gasteiger partial charge in [-0.2, -0.15) is 0 Å². The molecule has 0 aliphatic carbocycles. The van der Waals surface area contributed by atoms with E-state index in [1.165, 1.54) is 11.1 Å². The van der Waals surface area contributed by atoms with E-state index in [1.807, 2.05) is 40.1 Å². The summed E-state index contributed by atoms with van der Waals surface area (Å²) in [5, 5.41) is 0. The van der Waals surface area contributed by atoms with Gasteiger partial charge < -0.3 is 14.5 Å². The van der Waals surface area contributed by atoms with E-state index in [1.54, 1.807) is 0 Å². The van der Waals surface area contributed by atoms with Crippen molar-refractivity contribution in [2.75, 3.05) is 26.2 Å². The van der Waals surface area contributed by atoms with Crippen molar-refractivity contribution in [2.45, 2.75) is 25.8 Å². The third-order valence-electron chi connectivity index (χ3n) is 5.82. The molecule has 0 radical (unpaired) electrons. The largest absolute Gasteiger partial charge is 0.484 e. The van der Waals surface area contributed by atoms with Crippen LogP contribution in [0.5, 0.6) is 5.75 Å². The molecule has 2 aromatic carbocycles. The third-order valence-corrected chi connectivity index (χ3v) is 6.34. The quantitative estimate of drug-likeness (QED) is 0.705. The molecule has 152 valence electrons. The number of piperidine rings is 1. The van der Waals surface area contributed by atoms with Crippen molar-refractivity contribution in [1.29, 1.82) is 0 Å². The Morgan fingerprint density at radius 1 is 0.931 bits per heavy atom. The maximum atomic E-state index is 13.0. The van der Waals surface area contributed by atoms with Crippen LogP contribution in [0, 0.1) is 5.92 Å². The molecule has 2 aliphatic heterocycles. The summed E-state index contributed by atoms with van der Waals surface area (Å²) in [6, 6.07) is 15.8. The first-order valence-electron chi connectivity index (χ1n) is 10.1. The second kappa shape index (κ2) is 8.99. The highest BCUT2D eigenvalue weighted by atomic mass is 79.9. The second-order valence-corrected chi connectivity index (χ2v) is 8.59. The number of ether oxygens (including phenoxy) is 1. The van der Waals surface area contributed by atoms with E-state index >= 15 is 0 Å². The summed E-state index contributed by atoms with van der Waals surface area (Å²) in [5.41, 5.74) is 2.60. The number of rotatable bonds is 4. The van der Waals surface area contributed by atoms with Gasteiger partial charge in [-0.1, -0.05) is 40.2 Å². The number of carbonyl (C=O) groups excluding carboxylic acids is 2. The SMILES string of the molecule is O=C(COc1ccc(Br)cc1)N1CCC(C(=O)N2CCc3ccccc3C2)CC1. The maximum Gasteiger partial charge on any atom is 0.260 e. The predicted molar refractivity (Wildman–Crippen MR) is 115 cm³/mol.